The van der Waals surface area contributed by atoms with Crippen molar-refractivity contribution in [2.75, 3.05) is 53.4 Å². The van der Waals surface area contributed by atoms with Crippen LogP contribution < -0.4 is 5.32 Å². The Morgan fingerprint density at radius 1 is 1.25 bits per heavy atom. The van der Waals surface area contributed by atoms with Crippen molar-refractivity contribution in [2.45, 2.75) is 44.7 Å². The fourth-order valence-corrected chi connectivity index (χ4v) is 4.50. The largest absolute Gasteiger partial charge is 0.356 e. The van der Waals surface area contributed by atoms with E-state index in [1.807, 2.05) is 18.5 Å². The zero-order valence-electron chi connectivity index (χ0n) is 17.6. The molecule has 1 amide bonds. The third kappa shape index (κ3) is 6.54. The standard InChI is InChI=1S/C22H37N5O/c1-25(2)12-5-11-24-22(28)20-7-4-13-27(18-20)21-8-14-26(15-9-21)17-19-6-3-10-23-16-19/h3,6,10,16,20-21H,4-5,7-9,11-15,17-18H2,1-2H3,(H,24,28)/t20-/m1/s1. The highest BCUT2D eigenvalue weighted by atomic mass is 16.1. The number of piperidine rings is 2. The topological polar surface area (TPSA) is 51.7 Å². The molecule has 6 heteroatoms. The lowest BCUT2D eigenvalue weighted by molar-refractivity contribution is -0.127. The fourth-order valence-electron chi connectivity index (χ4n) is 4.50. The molecule has 156 valence electrons. The summed E-state index contributed by atoms with van der Waals surface area (Å²) in [7, 11) is 4.14. The second kappa shape index (κ2) is 10.9. The van der Waals surface area contributed by atoms with Crippen LogP contribution in [0.4, 0.5) is 0 Å². The lowest BCUT2D eigenvalue weighted by atomic mass is 9.93. The Morgan fingerprint density at radius 2 is 2.07 bits per heavy atom. The van der Waals surface area contributed by atoms with Gasteiger partial charge in [0.15, 0.2) is 0 Å². The van der Waals surface area contributed by atoms with Crippen LogP contribution in [0, 0.1) is 5.92 Å². The van der Waals surface area contributed by atoms with E-state index in [2.05, 4.69) is 45.2 Å². The van der Waals surface area contributed by atoms with E-state index in [4.69, 9.17) is 0 Å². The maximum atomic E-state index is 12.6. The van der Waals surface area contributed by atoms with Crippen molar-refractivity contribution in [1.29, 1.82) is 0 Å². The van der Waals surface area contributed by atoms with Gasteiger partial charge in [-0.15, -0.1) is 0 Å². The summed E-state index contributed by atoms with van der Waals surface area (Å²) in [5.41, 5.74) is 1.30. The highest BCUT2D eigenvalue weighted by molar-refractivity contribution is 5.78. The van der Waals surface area contributed by atoms with Crippen LogP contribution in [0.25, 0.3) is 0 Å². The van der Waals surface area contributed by atoms with E-state index in [0.717, 1.165) is 65.1 Å². The Bertz CT molecular complexity index is 586. The third-order valence-electron chi connectivity index (χ3n) is 6.11. The van der Waals surface area contributed by atoms with E-state index in [-0.39, 0.29) is 11.8 Å². The van der Waals surface area contributed by atoms with Gasteiger partial charge in [0, 0.05) is 38.1 Å². The number of hydrogen-bond donors (Lipinski definition) is 1. The van der Waals surface area contributed by atoms with Gasteiger partial charge in [0.2, 0.25) is 5.91 Å². The predicted molar refractivity (Wildman–Crippen MR) is 113 cm³/mol. The predicted octanol–water partition coefficient (Wildman–Crippen LogP) is 1.83. The molecular weight excluding hydrogens is 350 g/mol. The highest BCUT2D eigenvalue weighted by Gasteiger charge is 2.31. The number of nitrogens with zero attached hydrogens (tertiary/aromatic N) is 4. The first-order chi connectivity index (χ1) is 13.6. The Hall–Kier alpha value is -1.50. The normalized spacial score (nSPS) is 22.5. The molecule has 0 unspecified atom stereocenters. The summed E-state index contributed by atoms with van der Waals surface area (Å²) < 4.78 is 0. The van der Waals surface area contributed by atoms with Gasteiger partial charge in [0.25, 0.3) is 0 Å². The fraction of sp³-hybridized carbons (Fsp3) is 0.727. The quantitative estimate of drug-likeness (QED) is 0.690. The zero-order valence-corrected chi connectivity index (χ0v) is 17.6. The second-order valence-electron chi connectivity index (χ2n) is 8.65. The number of aromatic nitrogens is 1. The number of carbonyl (C=O) groups is 1. The molecule has 0 aromatic carbocycles. The first kappa shape index (κ1) is 21.2. The van der Waals surface area contributed by atoms with Crippen molar-refractivity contribution >= 4 is 5.91 Å². The van der Waals surface area contributed by atoms with E-state index in [1.165, 1.54) is 18.4 Å². The molecule has 0 saturated carbocycles. The molecule has 6 nitrogen and oxygen atoms in total. The van der Waals surface area contributed by atoms with Gasteiger partial charge in [-0.05, 0) is 84.0 Å². The molecule has 1 N–H and O–H groups in total. The molecule has 3 heterocycles. The number of likely N-dealkylation sites (tertiary alicyclic amines) is 2. The van der Waals surface area contributed by atoms with Crippen molar-refractivity contribution in [3.63, 3.8) is 0 Å². The van der Waals surface area contributed by atoms with Crippen LogP contribution in [0.2, 0.25) is 0 Å². The molecule has 1 aromatic heterocycles. The second-order valence-corrected chi connectivity index (χ2v) is 8.65. The Morgan fingerprint density at radius 3 is 2.79 bits per heavy atom. The highest BCUT2D eigenvalue weighted by Crippen LogP contribution is 2.24. The molecule has 1 aromatic rings. The SMILES string of the molecule is CN(C)CCCNC(=O)[C@@H]1CCCN(C2CCN(Cc3cccnc3)CC2)C1. The number of hydrogen-bond acceptors (Lipinski definition) is 5. The van der Waals surface area contributed by atoms with Crippen molar-refractivity contribution in [3.8, 4) is 0 Å². The minimum Gasteiger partial charge on any atom is -0.356 e. The molecule has 28 heavy (non-hydrogen) atoms. The van der Waals surface area contributed by atoms with Gasteiger partial charge >= 0.3 is 0 Å². The summed E-state index contributed by atoms with van der Waals surface area (Å²) in [6, 6.07) is 4.81. The summed E-state index contributed by atoms with van der Waals surface area (Å²) in [6.07, 6.45) is 9.42. The van der Waals surface area contributed by atoms with Crippen LogP contribution in [-0.4, -0.2) is 85.0 Å². The van der Waals surface area contributed by atoms with Crippen LogP contribution >= 0.6 is 0 Å². The number of nitrogens with one attached hydrogen (secondary N) is 1. The first-order valence-electron chi connectivity index (χ1n) is 10.9. The maximum absolute atomic E-state index is 12.6. The number of amides is 1. The van der Waals surface area contributed by atoms with Crippen LogP contribution in [0.3, 0.4) is 0 Å². The maximum Gasteiger partial charge on any atom is 0.224 e. The van der Waals surface area contributed by atoms with E-state index in [1.54, 1.807) is 0 Å². The van der Waals surface area contributed by atoms with Gasteiger partial charge in [-0.3, -0.25) is 19.6 Å². The van der Waals surface area contributed by atoms with Crippen LogP contribution in [0.5, 0.6) is 0 Å². The van der Waals surface area contributed by atoms with Gasteiger partial charge in [-0.25, -0.2) is 0 Å². The van der Waals surface area contributed by atoms with Gasteiger partial charge in [-0.1, -0.05) is 6.07 Å². The van der Waals surface area contributed by atoms with Crippen LogP contribution in [-0.2, 0) is 11.3 Å². The molecule has 3 rings (SSSR count). The Kier molecular flexibility index (Phi) is 8.25. The molecule has 2 saturated heterocycles. The molecule has 0 aliphatic carbocycles. The Balaban J connectivity index is 1.39. The summed E-state index contributed by atoms with van der Waals surface area (Å²) in [5, 5.41) is 3.16. The number of rotatable bonds is 8. The zero-order chi connectivity index (χ0) is 19.8. The lowest BCUT2D eigenvalue weighted by Crippen LogP contribution is -2.50. The van der Waals surface area contributed by atoms with Crippen molar-refractivity contribution in [3.05, 3.63) is 30.1 Å². The van der Waals surface area contributed by atoms with E-state index < -0.39 is 0 Å². The third-order valence-corrected chi connectivity index (χ3v) is 6.11. The number of pyridine rings is 1. The molecule has 1 atom stereocenters. The lowest BCUT2D eigenvalue weighted by Gasteiger charge is -2.42. The van der Waals surface area contributed by atoms with Crippen molar-refractivity contribution < 1.29 is 4.79 Å². The Labute approximate surface area is 170 Å². The van der Waals surface area contributed by atoms with E-state index >= 15 is 0 Å². The average Bonchev–Trinajstić information content (AvgIpc) is 2.72. The molecule has 0 radical (unpaired) electrons. The van der Waals surface area contributed by atoms with Gasteiger partial charge in [0.1, 0.15) is 0 Å². The smallest absolute Gasteiger partial charge is 0.224 e. The summed E-state index contributed by atoms with van der Waals surface area (Å²) in [5.74, 6) is 0.430. The molecule has 0 spiro atoms. The molecule has 2 aliphatic heterocycles. The van der Waals surface area contributed by atoms with E-state index in [0.29, 0.717) is 6.04 Å². The molecular formula is C22H37N5O. The van der Waals surface area contributed by atoms with E-state index in [9.17, 15) is 4.79 Å². The van der Waals surface area contributed by atoms with Gasteiger partial charge < -0.3 is 10.2 Å². The minimum absolute atomic E-state index is 0.168. The molecule has 0 bridgehead atoms. The average molecular weight is 388 g/mol. The van der Waals surface area contributed by atoms with Gasteiger partial charge in [-0.2, -0.15) is 0 Å². The number of carbonyl (C=O) groups excluding carboxylic acids is 1. The van der Waals surface area contributed by atoms with Crippen molar-refractivity contribution in [1.82, 2.24) is 25.0 Å². The van der Waals surface area contributed by atoms with Crippen LogP contribution in [0.15, 0.2) is 24.5 Å². The van der Waals surface area contributed by atoms with Gasteiger partial charge in [0.05, 0.1) is 5.92 Å². The minimum atomic E-state index is 0.168. The molecule has 2 fully saturated rings. The summed E-state index contributed by atoms with van der Waals surface area (Å²) in [6.45, 7) is 7.17. The molecule has 2 aliphatic rings. The first-order valence-corrected chi connectivity index (χ1v) is 10.9. The van der Waals surface area contributed by atoms with Crippen molar-refractivity contribution in [2.24, 2.45) is 5.92 Å². The van der Waals surface area contributed by atoms with Crippen LogP contribution in [0.1, 0.15) is 37.7 Å². The monoisotopic (exact) mass is 387 g/mol. The summed E-state index contributed by atoms with van der Waals surface area (Å²) in [4.78, 5) is 24.1. The summed E-state index contributed by atoms with van der Waals surface area (Å²) >= 11 is 0.